The first-order valence-corrected chi connectivity index (χ1v) is 15.7. The first kappa shape index (κ1) is 30.5. The zero-order valence-electron chi connectivity index (χ0n) is 25.1. The Balaban J connectivity index is 1.48. The van der Waals surface area contributed by atoms with E-state index in [1.807, 2.05) is 61.7 Å². The molecular weight excluding hydrogens is 542 g/mol. The number of hydrogen-bond acceptors (Lipinski definition) is 5. The number of benzene rings is 2. The van der Waals surface area contributed by atoms with E-state index in [1.165, 1.54) is 12.8 Å². The van der Waals surface area contributed by atoms with E-state index in [-0.39, 0.29) is 17.9 Å². The van der Waals surface area contributed by atoms with Gasteiger partial charge < -0.3 is 24.6 Å². The summed E-state index contributed by atoms with van der Waals surface area (Å²) in [4.78, 5) is 41.5. The topological polar surface area (TPSA) is 101 Å². The number of aromatic nitrogens is 1. The first-order chi connectivity index (χ1) is 20.9. The highest BCUT2D eigenvalue weighted by atomic mass is 16.5. The minimum absolute atomic E-state index is 0.225. The molecule has 2 aromatic carbocycles. The predicted octanol–water partition coefficient (Wildman–Crippen LogP) is 5.68. The third-order valence-electron chi connectivity index (χ3n) is 8.69. The van der Waals surface area contributed by atoms with E-state index in [0.717, 1.165) is 79.7 Å². The summed E-state index contributed by atoms with van der Waals surface area (Å²) >= 11 is 0. The quantitative estimate of drug-likeness (QED) is 0.386. The van der Waals surface area contributed by atoms with Crippen molar-refractivity contribution in [3.05, 3.63) is 87.8 Å². The number of nitrogens with one attached hydrogen (secondary N) is 1. The molecule has 8 heteroatoms. The van der Waals surface area contributed by atoms with E-state index in [9.17, 15) is 19.5 Å². The highest BCUT2D eigenvalue weighted by Crippen LogP contribution is 2.35. The minimum atomic E-state index is -1.01. The number of fused-ring (bicyclic) bond motifs is 4. The Bertz CT molecular complexity index is 1480. The normalized spacial score (nSPS) is 20.2. The Morgan fingerprint density at radius 3 is 2.58 bits per heavy atom. The van der Waals surface area contributed by atoms with Gasteiger partial charge in [0.05, 0.1) is 19.1 Å². The molecule has 0 aliphatic carbocycles. The molecule has 2 aliphatic heterocycles. The highest BCUT2D eigenvalue weighted by molar-refractivity contribution is 5.82. The Labute approximate surface area is 253 Å². The predicted molar refractivity (Wildman–Crippen MR) is 167 cm³/mol. The van der Waals surface area contributed by atoms with Crippen LogP contribution in [0.1, 0.15) is 80.1 Å². The molecule has 3 heterocycles. The third-order valence-corrected chi connectivity index (χ3v) is 8.69. The van der Waals surface area contributed by atoms with Crippen molar-refractivity contribution in [3.8, 4) is 16.9 Å². The summed E-state index contributed by atoms with van der Waals surface area (Å²) in [5.41, 5.74) is 4.41. The fourth-order valence-corrected chi connectivity index (χ4v) is 6.34. The average molecular weight is 586 g/mol. The molecule has 2 bridgehead atoms. The molecule has 8 nitrogen and oxygen atoms in total. The number of aryl methyl sites for hydroxylation is 1. The van der Waals surface area contributed by atoms with Crippen molar-refractivity contribution < 1.29 is 19.4 Å². The summed E-state index contributed by atoms with van der Waals surface area (Å²) in [6, 6.07) is 15.6. The van der Waals surface area contributed by atoms with Gasteiger partial charge in [0.15, 0.2) is 0 Å². The summed E-state index contributed by atoms with van der Waals surface area (Å²) in [6.45, 7) is 5.75. The van der Waals surface area contributed by atoms with Gasteiger partial charge in [-0.2, -0.15) is 0 Å². The summed E-state index contributed by atoms with van der Waals surface area (Å²) in [5.74, 6) is -0.544. The number of likely N-dealkylation sites (tertiary alicyclic amines) is 1. The Morgan fingerprint density at radius 1 is 0.977 bits per heavy atom. The molecule has 0 spiro atoms. The van der Waals surface area contributed by atoms with Crippen LogP contribution in [0.5, 0.6) is 5.75 Å². The van der Waals surface area contributed by atoms with E-state index in [0.29, 0.717) is 18.6 Å². The van der Waals surface area contributed by atoms with Gasteiger partial charge in [0.25, 0.3) is 5.56 Å². The van der Waals surface area contributed by atoms with Crippen LogP contribution < -0.4 is 15.6 Å². The molecule has 0 radical (unpaired) electrons. The number of ether oxygens (including phenoxy) is 1. The second-order valence-corrected chi connectivity index (χ2v) is 11.9. The molecule has 228 valence electrons. The van der Waals surface area contributed by atoms with Gasteiger partial charge in [-0.1, -0.05) is 55.7 Å². The van der Waals surface area contributed by atoms with Gasteiger partial charge in [0.2, 0.25) is 5.91 Å². The maximum atomic E-state index is 14.0. The fourth-order valence-electron chi connectivity index (χ4n) is 6.34. The van der Waals surface area contributed by atoms with Crippen molar-refractivity contribution in [2.45, 2.75) is 76.8 Å². The first-order valence-electron chi connectivity index (χ1n) is 15.7. The highest BCUT2D eigenvalue weighted by Gasteiger charge is 2.27. The number of nitrogens with zero attached hydrogens (tertiary/aromatic N) is 2. The second kappa shape index (κ2) is 14.5. The van der Waals surface area contributed by atoms with Crippen molar-refractivity contribution in [2.75, 3.05) is 26.2 Å². The number of carboxylic acid groups (broad SMARTS) is 1. The van der Waals surface area contributed by atoms with Gasteiger partial charge in [-0.15, -0.1) is 0 Å². The molecule has 5 rings (SSSR count). The zero-order valence-corrected chi connectivity index (χ0v) is 25.1. The SMILES string of the molecule is Cc1cccc2c1-c1cccc(c1)[C@H](CC(=O)O)NC(=O)[C@@H](n1cc(CCN3CCCC3)ccc1=O)CCCCCCO2. The van der Waals surface area contributed by atoms with E-state index >= 15 is 0 Å². The van der Waals surface area contributed by atoms with Crippen molar-refractivity contribution in [1.82, 2.24) is 14.8 Å². The summed E-state index contributed by atoms with van der Waals surface area (Å²) in [5, 5.41) is 12.8. The minimum Gasteiger partial charge on any atom is -0.493 e. The van der Waals surface area contributed by atoms with Crippen LogP contribution in [0, 0.1) is 6.92 Å². The summed E-state index contributed by atoms with van der Waals surface area (Å²) in [7, 11) is 0. The van der Waals surface area contributed by atoms with Crippen LogP contribution in [0.3, 0.4) is 0 Å². The van der Waals surface area contributed by atoms with Crippen LogP contribution in [0.25, 0.3) is 11.1 Å². The Kier molecular flexibility index (Phi) is 10.3. The van der Waals surface area contributed by atoms with Crippen molar-refractivity contribution in [3.63, 3.8) is 0 Å². The van der Waals surface area contributed by atoms with Gasteiger partial charge in [-0.3, -0.25) is 14.4 Å². The van der Waals surface area contributed by atoms with Crippen LogP contribution in [0.2, 0.25) is 0 Å². The molecule has 2 N–H and O–H groups in total. The Morgan fingerprint density at radius 2 is 1.77 bits per heavy atom. The van der Waals surface area contributed by atoms with Crippen molar-refractivity contribution in [2.24, 2.45) is 0 Å². The largest absolute Gasteiger partial charge is 0.493 e. The van der Waals surface area contributed by atoms with Gasteiger partial charge >= 0.3 is 5.97 Å². The van der Waals surface area contributed by atoms with E-state index in [4.69, 9.17) is 4.74 Å². The fraction of sp³-hybridized carbons (Fsp3) is 0.457. The molecule has 2 atom stereocenters. The monoisotopic (exact) mass is 585 g/mol. The van der Waals surface area contributed by atoms with Gasteiger partial charge in [-0.25, -0.2) is 0 Å². The van der Waals surface area contributed by atoms with Crippen LogP contribution in [-0.4, -0.2) is 52.7 Å². The summed E-state index contributed by atoms with van der Waals surface area (Å²) < 4.78 is 7.81. The lowest BCUT2D eigenvalue weighted by atomic mass is 9.94. The molecular formula is C35H43N3O5. The van der Waals surface area contributed by atoms with E-state index in [2.05, 4.69) is 10.2 Å². The van der Waals surface area contributed by atoms with Gasteiger partial charge in [-0.05, 0) is 86.5 Å². The second-order valence-electron chi connectivity index (χ2n) is 11.9. The number of carbonyl (C=O) groups is 2. The van der Waals surface area contributed by atoms with Crippen molar-refractivity contribution >= 4 is 11.9 Å². The molecule has 1 saturated heterocycles. The number of rotatable bonds is 6. The van der Waals surface area contributed by atoms with E-state index < -0.39 is 18.1 Å². The van der Waals surface area contributed by atoms with Crippen LogP contribution in [-0.2, 0) is 16.0 Å². The number of carboxylic acids is 1. The third kappa shape index (κ3) is 7.93. The van der Waals surface area contributed by atoms with Gasteiger partial charge in [0, 0.05) is 24.4 Å². The van der Waals surface area contributed by atoms with Crippen LogP contribution in [0.15, 0.2) is 65.6 Å². The summed E-state index contributed by atoms with van der Waals surface area (Å²) in [6.07, 6.45) is 8.79. The smallest absolute Gasteiger partial charge is 0.305 e. The molecule has 3 aromatic rings. The Hall–Kier alpha value is -3.91. The molecule has 1 amide bonds. The molecule has 1 fully saturated rings. The maximum Gasteiger partial charge on any atom is 0.305 e. The zero-order chi connectivity index (χ0) is 30.2. The number of carbonyl (C=O) groups excluding carboxylic acids is 1. The maximum absolute atomic E-state index is 14.0. The molecule has 0 saturated carbocycles. The lowest BCUT2D eigenvalue weighted by Crippen LogP contribution is -2.39. The molecule has 0 unspecified atom stereocenters. The van der Waals surface area contributed by atoms with Crippen LogP contribution in [0.4, 0.5) is 0 Å². The number of hydrogen-bond donors (Lipinski definition) is 2. The van der Waals surface area contributed by atoms with E-state index in [1.54, 1.807) is 10.6 Å². The molecule has 2 aliphatic rings. The standard InChI is InChI=1S/C35H43N3O5/c1-25-10-8-14-31-34(25)28-12-9-11-27(22-28)29(23-33(40)41)36-35(42)30(13-4-2-3-7-21-43-31)38-24-26(15-16-32(38)39)17-20-37-18-5-6-19-37/h8-12,14-16,22,24,29-30H,2-7,13,17-21,23H2,1H3,(H,36,42)(H,40,41)/t29-,30-/m0/s1. The number of aliphatic carboxylic acids is 1. The van der Waals surface area contributed by atoms with Crippen molar-refractivity contribution in [1.29, 1.82) is 0 Å². The molecule has 1 aromatic heterocycles. The lowest BCUT2D eigenvalue weighted by molar-refractivity contribution is -0.138. The molecule has 43 heavy (non-hydrogen) atoms. The lowest BCUT2D eigenvalue weighted by Gasteiger charge is -2.25. The van der Waals surface area contributed by atoms with Gasteiger partial charge in [0.1, 0.15) is 11.8 Å². The number of pyridine rings is 1. The number of amides is 1. The average Bonchev–Trinajstić information content (AvgIpc) is 3.51. The van der Waals surface area contributed by atoms with Crippen LogP contribution >= 0.6 is 0 Å².